The molecule has 114 valence electrons. The Morgan fingerprint density at radius 1 is 1.20 bits per heavy atom. The maximum Gasteiger partial charge on any atom is 0.212 e. The monoisotopic (exact) mass is 299 g/mol. The van der Waals surface area contributed by atoms with Crippen LogP contribution in [0.1, 0.15) is 25.5 Å². The summed E-state index contributed by atoms with van der Waals surface area (Å²) in [5.74, 6) is -0.0350. The first-order valence-corrected chi connectivity index (χ1v) is 8.65. The molecule has 5 nitrogen and oxygen atoms in total. The minimum absolute atomic E-state index is 0.0350. The summed E-state index contributed by atoms with van der Waals surface area (Å²) < 4.78 is 26.2. The van der Waals surface area contributed by atoms with Crippen LogP contribution in [0.15, 0.2) is 30.3 Å². The van der Waals surface area contributed by atoms with Gasteiger partial charge in [-0.15, -0.1) is 0 Å². The van der Waals surface area contributed by atoms with Gasteiger partial charge < -0.3 is 5.73 Å². The molecule has 0 saturated carbocycles. The van der Waals surface area contributed by atoms with Crippen LogP contribution in [-0.4, -0.2) is 45.2 Å². The van der Waals surface area contributed by atoms with Crippen molar-refractivity contribution in [3.05, 3.63) is 35.9 Å². The molecule has 0 aliphatic heterocycles. The molecule has 1 rings (SSSR count). The molecule has 0 bridgehead atoms. The van der Waals surface area contributed by atoms with Crippen molar-refractivity contribution in [1.29, 1.82) is 0 Å². The van der Waals surface area contributed by atoms with E-state index in [1.54, 1.807) is 0 Å². The van der Waals surface area contributed by atoms with E-state index in [9.17, 15) is 8.42 Å². The van der Waals surface area contributed by atoms with Gasteiger partial charge in [0.15, 0.2) is 0 Å². The molecule has 0 heterocycles. The highest BCUT2D eigenvalue weighted by Gasteiger charge is 2.20. The van der Waals surface area contributed by atoms with Crippen LogP contribution in [0.5, 0.6) is 0 Å². The number of hydrogen-bond donors (Lipinski definition) is 2. The van der Waals surface area contributed by atoms with Gasteiger partial charge >= 0.3 is 0 Å². The van der Waals surface area contributed by atoms with Crippen LogP contribution >= 0.6 is 0 Å². The third-order valence-corrected chi connectivity index (χ3v) is 4.70. The van der Waals surface area contributed by atoms with Gasteiger partial charge in [-0.05, 0) is 18.7 Å². The fourth-order valence-corrected chi connectivity index (χ4v) is 3.10. The largest absolute Gasteiger partial charge is 0.329 e. The van der Waals surface area contributed by atoms with Crippen molar-refractivity contribution in [3.8, 4) is 0 Å². The average Bonchev–Trinajstić information content (AvgIpc) is 2.44. The van der Waals surface area contributed by atoms with Gasteiger partial charge in [0.1, 0.15) is 0 Å². The second kappa shape index (κ2) is 8.36. The van der Waals surface area contributed by atoms with Crippen molar-refractivity contribution in [2.24, 2.45) is 5.73 Å². The molecule has 0 amide bonds. The summed E-state index contributed by atoms with van der Waals surface area (Å²) in [5, 5.41) is 0. The second-order valence-corrected chi connectivity index (χ2v) is 6.53. The van der Waals surface area contributed by atoms with Gasteiger partial charge in [0, 0.05) is 19.1 Å². The molecule has 0 aliphatic rings. The predicted molar refractivity (Wildman–Crippen MR) is 82.9 cm³/mol. The standard InChI is InChI=1S/C14H25N3O2S/c1-3-17(4-2)14(13-8-6-5-7-9-13)12-16-20(18,19)11-10-15/h5-9,14,16H,3-4,10-12,15H2,1-2H3. The molecule has 0 spiro atoms. The lowest BCUT2D eigenvalue weighted by Crippen LogP contribution is -2.39. The summed E-state index contributed by atoms with van der Waals surface area (Å²) in [5.41, 5.74) is 6.43. The van der Waals surface area contributed by atoms with Crippen LogP contribution in [0.3, 0.4) is 0 Å². The zero-order valence-corrected chi connectivity index (χ0v) is 13.1. The Bertz CT molecular complexity index is 472. The lowest BCUT2D eigenvalue weighted by atomic mass is 10.1. The van der Waals surface area contributed by atoms with Crippen LogP contribution in [0, 0.1) is 0 Å². The van der Waals surface area contributed by atoms with Crippen LogP contribution < -0.4 is 10.5 Å². The van der Waals surface area contributed by atoms with E-state index in [4.69, 9.17) is 5.73 Å². The predicted octanol–water partition coefficient (Wildman–Crippen LogP) is 0.948. The fraction of sp³-hybridized carbons (Fsp3) is 0.571. The van der Waals surface area contributed by atoms with Crippen LogP contribution in [0.2, 0.25) is 0 Å². The lowest BCUT2D eigenvalue weighted by Gasteiger charge is -2.30. The minimum atomic E-state index is -3.29. The van der Waals surface area contributed by atoms with Gasteiger partial charge in [-0.1, -0.05) is 44.2 Å². The van der Waals surface area contributed by atoms with Crippen molar-refractivity contribution < 1.29 is 8.42 Å². The van der Waals surface area contributed by atoms with Crippen molar-refractivity contribution in [3.63, 3.8) is 0 Å². The highest BCUT2D eigenvalue weighted by Crippen LogP contribution is 2.19. The summed E-state index contributed by atoms with van der Waals surface area (Å²) in [7, 11) is -3.29. The van der Waals surface area contributed by atoms with Gasteiger partial charge in [0.05, 0.1) is 5.75 Å². The highest BCUT2D eigenvalue weighted by molar-refractivity contribution is 7.89. The van der Waals surface area contributed by atoms with Crippen molar-refractivity contribution >= 4 is 10.0 Å². The molecule has 6 heteroatoms. The maximum absolute atomic E-state index is 11.8. The number of benzene rings is 1. The summed E-state index contributed by atoms with van der Waals surface area (Å²) in [6, 6.07) is 10.0. The zero-order valence-electron chi connectivity index (χ0n) is 12.2. The smallest absolute Gasteiger partial charge is 0.212 e. The zero-order chi connectivity index (χ0) is 15.0. The van der Waals surface area contributed by atoms with Crippen molar-refractivity contribution in [2.45, 2.75) is 19.9 Å². The van der Waals surface area contributed by atoms with Gasteiger partial charge in [-0.3, -0.25) is 4.90 Å². The molecule has 1 unspecified atom stereocenters. The third-order valence-electron chi connectivity index (χ3n) is 3.32. The lowest BCUT2D eigenvalue weighted by molar-refractivity contribution is 0.220. The summed E-state index contributed by atoms with van der Waals surface area (Å²) in [4.78, 5) is 2.24. The first-order chi connectivity index (χ1) is 9.54. The van der Waals surface area contributed by atoms with Crippen LogP contribution in [0.4, 0.5) is 0 Å². The number of nitrogens with one attached hydrogen (secondary N) is 1. The van der Waals surface area contributed by atoms with Crippen LogP contribution in [-0.2, 0) is 10.0 Å². The molecule has 0 aromatic heterocycles. The van der Waals surface area contributed by atoms with E-state index >= 15 is 0 Å². The van der Waals surface area contributed by atoms with E-state index in [0.29, 0.717) is 6.54 Å². The van der Waals surface area contributed by atoms with Gasteiger partial charge in [-0.25, -0.2) is 13.1 Å². The normalized spacial score (nSPS) is 13.6. The molecule has 1 aromatic rings. The Balaban J connectivity index is 2.84. The van der Waals surface area contributed by atoms with Crippen LogP contribution in [0.25, 0.3) is 0 Å². The third kappa shape index (κ3) is 5.20. The topological polar surface area (TPSA) is 75.4 Å². The molecule has 1 aromatic carbocycles. The van der Waals surface area contributed by atoms with E-state index in [2.05, 4.69) is 23.5 Å². The molecule has 0 radical (unpaired) electrons. The van der Waals surface area contributed by atoms with E-state index in [-0.39, 0.29) is 18.3 Å². The number of rotatable bonds is 9. The Kier molecular flexibility index (Phi) is 7.15. The average molecular weight is 299 g/mol. The molecule has 0 fully saturated rings. The maximum atomic E-state index is 11.8. The van der Waals surface area contributed by atoms with Crippen molar-refractivity contribution in [1.82, 2.24) is 9.62 Å². The number of nitrogens with zero attached hydrogens (tertiary/aromatic N) is 1. The van der Waals surface area contributed by atoms with E-state index in [0.717, 1.165) is 18.7 Å². The first kappa shape index (κ1) is 17.1. The summed E-state index contributed by atoms with van der Waals surface area (Å²) >= 11 is 0. The molecule has 0 saturated heterocycles. The quantitative estimate of drug-likeness (QED) is 0.712. The number of nitrogens with two attached hydrogens (primary N) is 1. The van der Waals surface area contributed by atoms with E-state index < -0.39 is 10.0 Å². The highest BCUT2D eigenvalue weighted by atomic mass is 32.2. The van der Waals surface area contributed by atoms with Gasteiger partial charge in [0.2, 0.25) is 10.0 Å². The molecular formula is C14H25N3O2S. The Hall–Kier alpha value is -0.950. The van der Waals surface area contributed by atoms with E-state index in [1.807, 2.05) is 30.3 Å². The first-order valence-electron chi connectivity index (χ1n) is 7.00. The Morgan fingerprint density at radius 3 is 2.30 bits per heavy atom. The summed E-state index contributed by atoms with van der Waals surface area (Å²) in [6.07, 6.45) is 0. The molecule has 1 atom stereocenters. The van der Waals surface area contributed by atoms with Crippen molar-refractivity contribution in [2.75, 3.05) is 31.9 Å². The van der Waals surface area contributed by atoms with Gasteiger partial charge in [-0.2, -0.15) is 0 Å². The molecule has 20 heavy (non-hydrogen) atoms. The molecule has 3 N–H and O–H groups in total. The fourth-order valence-electron chi connectivity index (χ4n) is 2.23. The Morgan fingerprint density at radius 2 is 1.80 bits per heavy atom. The second-order valence-electron chi connectivity index (χ2n) is 4.60. The number of sulfonamides is 1. The summed E-state index contributed by atoms with van der Waals surface area (Å²) in [6.45, 7) is 6.40. The molecular weight excluding hydrogens is 274 g/mol. The molecule has 0 aliphatic carbocycles. The number of hydrogen-bond acceptors (Lipinski definition) is 4. The Labute approximate surface area is 122 Å². The van der Waals surface area contributed by atoms with Gasteiger partial charge in [0.25, 0.3) is 0 Å². The van der Waals surface area contributed by atoms with E-state index in [1.165, 1.54) is 0 Å². The minimum Gasteiger partial charge on any atom is -0.329 e. The SMILES string of the molecule is CCN(CC)C(CNS(=O)(=O)CCN)c1ccccc1. The number of likely N-dealkylation sites (N-methyl/N-ethyl adjacent to an activating group) is 1.